The maximum absolute atomic E-state index is 12.6. The molecule has 1 aliphatic carbocycles. The van der Waals surface area contributed by atoms with E-state index in [0.717, 1.165) is 29.1 Å². The SMILES string of the molecule is O=C(Nc1ccsc1-c1nc(C2CC2)no1)c1cc2ccccn2c1. The van der Waals surface area contributed by atoms with E-state index in [0.29, 0.717) is 23.1 Å². The number of nitrogens with zero attached hydrogens (tertiary/aromatic N) is 3. The highest BCUT2D eigenvalue weighted by Crippen LogP contribution is 2.40. The van der Waals surface area contributed by atoms with Crippen LogP contribution in [-0.4, -0.2) is 20.4 Å². The number of amides is 1. The van der Waals surface area contributed by atoms with Crippen LogP contribution in [-0.2, 0) is 0 Å². The summed E-state index contributed by atoms with van der Waals surface area (Å²) in [6.45, 7) is 0. The highest BCUT2D eigenvalue weighted by Gasteiger charge is 2.29. The van der Waals surface area contributed by atoms with Gasteiger partial charge in [-0.2, -0.15) is 4.98 Å². The van der Waals surface area contributed by atoms with Gasteiger partial charge in [0.15, 0.2) is 5.82 Å². The molecule has 0 bridgehead atoms. The van der Waals surface area contributed by atoms with Crippen molar-refractivity contribution in [3.05, 3.63) is 59.5 Å². The molecule has 0 atom stereocenters. The van der Waals surface area contributed by atoms with E-state index in [1.54, 1.807) is 0 Å². The average molecular weight is 350 g/mol. The van der Waals surface area contributed by atoms with Gasteiger partial charge >= 0.3 is 0 Å². The lowest BCUT2D eigenvalue weighted by Gasteiger charge is -2.02. The summed E-state index contributed by atoms with van der Waals surface area (Å²) < 4.78 is 7.30. The Bertz CT molecular complexity index is 1040. The standard InChI is InChI=1S/C18H14N4O2S/c23-17(12-9-13-3-1-2-7-22(13)10-12)19-14-6-8-25-15(14)18-20-16(21-24-18)11-4-5-11/h1-3,6-11H,4-5H2,(H,19,23). The average Bonchev–Trinajstić information content (AvgIpc) is 3.03. The molecule has 5 rings (SSSR count). The van der Waals surface area contributed by atoms with Gasteiger partial charge in [-0.1, -0.05) is 11.2 Å². The van der Waals surface area contributed by atoms with Crippen LogP contribution >= 0.6 is 11.3 Å². The maximum atomic E-state index is 12.6. The first-order valence-electron chi connectivity index (χ1n) is 8.07. The lowest BCUT2D eigenvalue weighted by atomic mass is 10.3. The third-order valence-electron chi connectivity index (χ3n) is 4.26. The van der Waals surface area contributed by atoms with Crippen molar-refractivity contribution in [3.63, 3.8) is 0 Å². The molecule has 0 aliphatic heterocycles. The van der Waals surface area contributed by atoms with Gasteiger partial charge in [0, 0.05) is 23.8 Å². The summed E-state index contributed by atoms with van der Waals surface area (Å²) in [5, 5.41) is 8.90. The van der Waals surface area contributed by atoms with Gasteiger partial charge in [-0.25, -0.2) is 0 Å². The molecule has 0 saturated heterocycles. The Balaban J connectivity index is 1.42. The van der Waals surface area contributed by atoms with Crippen LogP contribution in [0.2, 0.25) is 0 Å². The molecule has 0 spiro atoms. The van der Waals surface area contributed by atoms with Crippen LogP contribution in [0.1, 0.15) is 34.9 Å². The third-order valence-corrected chi connectivity index (χ3v) is 5.16. The maximum Gasteiger partial charge on any atom is 0.270 e. The van der Waals surface area contributed by atoms with Crippen LogP contribution in [0.25, 0.3) is 16.3 Å². The summed E-state index contributed by atoms with van der Waals surface area (Å²) in [5.41, 5.74) is 2.27. The summed E-state index contributed by atoms with van der Waals surface area (Å²) in [4.78, 5) is 17.9. The van der Waals surface area contributed by atoms with E-state index in [9.17, 15) is 4.79 Å². The molecule has 1 aliphatic rings. The Labute approximate surface area is 147 Å². The van der Waals surface area contributed by atoms with Crippen LogP contribution in [0, 0.1) is 0 Å². The number of carbonyl (C=O) groups is 1. The largest absolute Gasteiger partial charge is 0.333 e. The molecule has 1 saturated carbocycles. The molecule has 6 nitrogen and oxygen atoms in total. The zero-order chi connectivity index (χ0) is 16.8. The van der Waals surface area contributed by atoms with Crippen LogP contribution in [0.4, 0.5) is 5.69 Å². The van der Waals surface area contributed by atoms with Crippen molar-refractivity contribution in [3.8, 4) is 10.8 Å². The minimum absolute atomic E-state index is 0.162. The molecule has 25 heavy (non-hydrogen) atoms. The molecule has 0 aromatic carbocycles. The second-order valence-corrected chi connectivity index (χ2v) is 7.03. The van der Waals surface area contributed by atoms with Gasteiger partial charge in [0.1, 0.15) is 4.88 Å². The number of nitrogens with one attached hydrogen (secondary N) is 1. The highest BCUT2D eigenvalue weighted by atomic mass is 32.1. The van der Waals surface area contributed by atoms with Crippen LogP contribution in [0.15, 0.2) is 52.6 Å². The summed E-state index contributed by atoms with van der Waals surface area (Å²) in [6.07, 6.45) is 5.97. The monoisotopic (exact) mass is 350 g/mol. The summed E-state index contributed by atoms with van der Waals surface area (Å²) >= 11 is 1.47. The van der Waals surface area contributed by atoms with Crippen molar-refractivity contribution in [2.75, 3.05) is 5.32 Å². The van der Waals surface area contributed by atoms with E-state index in [1.807, 2.05) is 52.5 Å². The molecular weight excluding hydrogens is 336 g/mol. The number of aromatic nitrogens is 3. The molecule has 124 valence electrons. The van der Waals surface area contributed by atoms with Crippen molar-refractivity contribution >= 4 is 28.4 Å². The molecule has 0 unspecified atom stereocenters. The van der Waals surface area contributed by atoms with Gasteiger partial charge in [-0.3, -0.25) is 4.79 Å². The molecule has 0 radical (unpaired) electrons. The van der Waals surface area contributed by atoms with Crippen molar-refractivity contribution in [2.45, 2.75) is 18.8 Å². The Morgan fingerprint density at radius 2 is 2.24 bits per heavy atom. The number of hydrogen-bond donors (Lipinski definition) is 1. The van der Waals surface area contributed by atoms with Crippen molar-refractivity contribution in [1.29, 1.82) is 0 Å². The number of hydrogen-bond acceptors (Lipinski definition) is 5. The number of fused-ring (bicyclic) bond motifs is 1. The molecule has 1 amide bonds. The van der Waals surface area contributed by atoms with E-state index < -0.39 is 0 Å². The van der Waals surface area contributed by atoms with Gasteiger partial charge in [0.05, 0.1) is 11.3 Å². The van der Waals surface area contributed by atoms with Crippen molar-refractivity contribution in [1.82, 2.24) is 14.5 Å². The number of anilines is 1. The predicted molar refractivity (Wildman–Crippen MR) is 94.9 cm³/mol. The van der Waals surface area contributed by atoms with E-state index in [1.165, 1.54) is 11.3 Å². The van der Waals surface area contributed by atoms with E-state index in [4.69, 9.17) is 4.52 Å². The molecule has 4 aromatic heterocycles. The van der Waals surface area contributed by atoms with Crippen molar-refractivity contribution < 1.29 is 9.32 Å². The predicted octanol–water partition coefficient (Wildman–Crippen LogP) is 4.18. The van der Waals surface area contributed by atoms with E-state index in [2.05, 4.69) is 15.5 Å². The first-order chi connectivity index (χ1) is 12.3. The smallest absolute Gasteiger partial charge is 0.270 e. The third kappa shape index (κ3) is 2.62. The summed E-state index contributed by atoms with van der Waals surface area (Å²) in [7, 11) is 0. The zero-order valence-corrected chi connectivity index (χ0v) is 14.0. The van der Waals surface area contributed by atoms with Gasteiger partial charge in [-0.05, 0) is 42.5 Å². The number of rotatable bonds is 4. The molecule has 4 heterocycles. The molecule has 4 aromatic rings. The topological polar surface area (TPSA) is 72.4 Å². The Morgan fingerprint density at radius 3 is 3.08 bits per heavy atom. The second kappa shape index (κ2) is 5.56. The van der Waals surface area contributed by atoms with Crippen LogP contribution in [0.5, 0.6) is 0 Å². The normalized spacial score (nSPS) is 14.1. The quantitative estimate of drug-likeness (QED) is 0.599. The van der Waals surface area contributed by atoms with Gasteiger partial charge < -0.3 is 14.2 Å². The molecular formula is C18H14N4O2S. The lowest BCUT2D eigenvalue weighted by Crippen LogP contribution is -2.10. The van der Waals surface area contributed by atoms with Crippen LogP contribution in [0.3, 0.4) is 0 Å². The highest BCUT2D eigenvalue weighted by molar-refractivity contribution is 7.14. The number of carbonyl (C=O) groups excluding carboxylic acids is 1. The fourth-order valence-corrected chi connectivity index (χ4v) is 3.55. The van der Waals surface area contributed by atoms with E-state index in [-0.39, 0.29) is 5.91 Å². The Morgan fingerprint density at radius 1 is 1.32 bits per heavy atom. The zero-order valence-electron chi connectivity index (χ0n) is 13.2. The first kappa shape index (κ1) is 14.4. The van der Waals surface area contributed by atoms with E-state index >= 15 is 0 Å². The number of pyridine rings is 1. The number of thiophene rings is 1. The first-order valence-corrected chi connectivity index (χ1v) is 8.95. The molecule has 7 heteroatoms. The fourth-order valence-electron chi connectivity index (χ4n) is 2.78. The van der Waals surface area contributed by atoms with Crippen molar-refractivity contribution in [2.24, 2.45) is 0 Å². The molecule has 1 fully saturated rings. The minimum atomic E-state index is -0.162. The Hall–Kier alpha value is -2.93. The Kier molecular flexibility index (Phi) is 3.21. The van der Waals surface area contributed by atoms with Gasteiger partial charge in [0.25, 0.3) is 11.8 Å². The minimum Gasteiger partial charge on any atom is -0.333 e. The second-order valence-electron chi connectivity index (χ2n) is 6.11. The fraction of sp³-hybridized carbons (Fsp3) is 0.167. The van der Waals surface area contributed by atoms with Gasteiger partial charge in [-0.15, -0.1) is 11.3 Å². The summed E-state index contributed by atoms with van der Waals surface area (Å²) in [6, 6.07) is 9.55. The van der Waals surface area contributed by atoms with Gasteiger partial charge in [0.2, 0.25) is 0 Å². The molecule has 1 N–H and O–H groups in total. The lowest BCUT2D eigenvalue weighted by molar-refractivity contribution is 0.102. The van der Waals surface area contributed by atoms with Crippen LogP contribution < -0.4 is 5.32 Å². The summed E-state index contributed by atoms with van der Waals surface area (Å²) in [5.74, 6) is 1.50.